The lowest BCUT2D eigenvalue weighted by molar-refractivity contribution is 0.100. The molecule has 6 heteroatoms. The van der Waals surface area contributed by atoms with Crippen molar-refractivity contribution in [2.45, 2.75) is 6.92 Å². The Labute approximate surface area is 80.1 Å². The quantitative estimate of drug-likeness (QED) is 0.524. The van der Waals surface area contributed by atoms with Gasteiger partial charge in [-0.15, -0.1) is 0 Å². The van der Waals surface area contributed by atoms with E-state index in [1.54, 1.807) is 6.92 Å². The van der Waals surface area contributed by atoms with Gasteiger partial charge in [0.15, 0.2) is 5.78 Å². The number of carbonyl (C=O) groups excluding carboxylic acids is 1. The summed E-state index contributed by atoms with van der Waals surface area (Å²) in [5.74, 6) is 0.145. The van der Waals surface area contributed by atoms with Crippen LogP contribution in [0.25, 0.3) is 0 Å². The highest BCUT2D eigenvalue weighted by molar-refractivity contribution is 6.33. The predicted molar refractivity (Wildman–Crippen MR) is 49.6 cm³/mol. The molecule has 1 aromatic heterocycles. The summed E-state index contributed by atoms with van der Waals surface area (Å²) in [5, 5.41) is 0.0560. The lowest BCUT2D eigenvalue weighted by atomic mass is 10.2. The van der Waals surface area contributed by atoms with Crippen molar-refractivity contribution in [3.63, 3.8) is 0 Å². The molecule has 4 N–H and O–H groups in total. The fourth-order valence-electron chi connectivity index (χ4n) is 0.919. The minimum Gasteiger partial charge on any atom is -0.383 e. The molecule has 0 saturated carbocycles. The van der Waals surface area contributed by atoms with Crippen LogP contribution in [-0.4, -0.2) is 22.3 Å². The van der Waals surface area contributed by atoms with E-state index < -0.39 is 0 Å². The van der Waals surface area contributed by atoms with Gasteiger partial charge in [-0.25, -0.2) is 9.97 Å². The summed E-state index contributed by atoms with van der Waals surface area (Å²) in [4.78, 5) is 18.8. The molecular formula is C7H9ClN4O. The molecule has 5 nitrogen and oxygen atoms in total. The molecule has 1 rings (SSSR count). The second-order valence-electron chi connectivity index (χ2n) is 2.45. The van der Waals surface area contributed by atoms with Crippen LogP contribution in [0.4, 0.5) is 5.82 Å². The first-order valence-corrected chi connectivity index (χ1v) is 3.97. The average Bonchev–Trinajstić information content (AvgIpc) is 2.02. The van der Waals surface area contributed by atoms with Crippen LogP contribution >= 0.6 is 11.6 Å². The van der Waals surface area contributed by atoms with Crippen molar-refractivity contribution >= 4 is 23.2 Å². The van der Waals surface area contributed by atoms with E-state index >= 15 is 0 Å². The summed E-state index contributed by atoms with van der Waals surface area (Å²) in [7, 11) is 0. The van der Waals surface area contributed by atoms with Crippen molar-refractivity contribution in [1.82, 2.24) is 9.97 Å². The Bertz CT molecular complexity index is 329. The lowest BCUT2D eigenvalue weighted by Gasteiger charge is -2.04. The fourth-order valence-corrected chi connectivity index (χ4v) is 1.24. The molecule has 0 atom stereocenters. The maximum absolute atomic E-state index is 11.2. The molecule has 0 bridgehead atoms. The van der Waals surface area contributed by atoms with E-state index in [1.807, 2.05) is 0 Å². The summed E-state index contributed by atoms with van der Waals surface area (Å²) in [6.07, 6.45) is 0. The summed E-state index contributed by atoms with van der Waals surface area (Å²) in [6.45, 7) is 1.48. The van der Waals surface area contributed by atoms with E-state index in [0.717, 1.165) is 0 Å². The Morgan fingerprint density at radius 2 is 2.15 bits per heavy atom. The van der Waals surface area contributed by atoms with E-state index in [0.29, 0.717) is 5.82 Å². The summed E-state index contributed by atoms with van der Waals surface area (Å²) in [5.41, 5.74) is 10.8. The number of aromatic nitrogens is 2. The monoisotopic (exact) mass is 200 g/mol. The number of carbonyl (C=O) groups is 1. The van der Waals surface area contributed by atoms with Crippen LogP contribution in [-0.2, 0) is 0 Å². The zero-order chi connectivity index (χ0) is 10.0. The van der Waals surface area contributed by atoms with Gasteiger partial charge in [-0.2, -0.15) is 0 Å². The van der Waals surface area contributed by atoms with Gasteiger partial charge in [0.2, 0.25) is 0 Å². The van der Waals surface area contributed by atoms with Crippen LogP contribution in [0.15, 0.2) is 0 Å². The van der Waals surface area contributed by atoms with Crippen molar-refractivity contribution < 1.29 is 4.79 Å². The molecule has 0 spiro atoms. The minimum atomic E-state index is -0.359. The number of aryl methyl sites for hydroxylation is 1. The van der Waals surface area contributed by atoms with Gasteiger partial charge in [-0.3, -0.25) is 4.79 Å². The molecule has 0 amide bonds. The number of rotatable bonds is 2. The topological polar surface area (TPSA) is 94.9 Å². The molecule has 1 aromatic rings. The molecule has 0 aliphatic rings. The van der Waals surface area contributed by atoms with Crippen molar-refractivity contribution in [3.8, 4) is 0 Å². The molecule has 0 aromatic carbocycles. The summed E-state index contributed by atoms with van der Waals surface area (Å²) >= 11 is 5.70. The Kier molecular flexibility index (Phi) is 2.79. The van der Waals surface area contributed by atoms with Crippen molar-refractivity contribution in [2.24, 2.45) is 5.73 Å². The highest BCUT2D eigenvalue weighted by Crippen LogP contribution is 2.18. The zero-order valence-corrected chi connectivity index (χ0v) is 7.80. The number of Topliss-reactive ketones (excluding diaryl/α,β-unsaturated/α-hetero) is 1. The first kappa shape index (κ1) is 9.88. The number of nitrogen functional groups attached to an aromatic ring is 1. The number of anilines is 1. The third kappa shape index (κ3) is 1.93. The fraction of sp³-hybridized carbons (Fsp3) is 0.286. The van der Waals surface area contributed by atoms with Gasteiger partial charge in [0.25, 0.3) is 0 Å². The first-order chi connectivity index (χ1) is 6.06. The van der Waals surface area contributed by atoms with Gasteiger partial charge in [-0.1, -0.05) is 11.6 Å². The standard InChI is InChI=1S/C7H9ClN4O/c1-3-11-6(8)5(4(13)2-9)7(10)12-3/h2,9H2,1H3,(H2,10,11,12). The number of hydrogen-bond donors (Lipinski definition) is 2. The first-order valence-electron chi connectivity index (χ1n) is 3.59. The second-order valence-corrected chi connectivity index (χ2v) is 2.81. The number of halogens is 1. The third-order valence-electron chi connectivity index (χ3n) is 1.47. The van der Waals surface area contributed by atoms with Crippen molar-refractivity contribution in [2.75, 3.05) is 12.3 Å². The number of ketones is 1. The average molecular weight is 201 g/mol. The SMILES string of the molecule is Cc1nc(N)c(C(=O)CN)c(Cl)n1. The van der Waals surface area contributed by atoms with E-state index in [4.69, 9.17) is 23.1 Å². The number of nitrogens with two attached hydrogens (primary N) is 2. The maximum atomic E-state index is 11.2. The lowest BCUT2D eigenvalue weighted by Crippen LogP contribution is -2.17. The van der Waals surface area contributed by atoms with Crippen LogP contribution in [0.3, 0.4) is 0 Å². The second kappa shape index (κ2) is 3.68. The molecule has 70 valence electrons. The number of hydrogen-bond acceptors (Lipinski definition) is 5. The largest absolute Gasteiger partial charge is 0.383 e. The minimum absolute atomic E-state index is 0.0560. The normalized spacial score (nSPS) is 10.1. The molecule has 0 aliphatic heterocycles. The van der Waals surface area contributed by atoms with Gasteiger partial charge in [0.05, 0.1) is 12.1 Å². The van der Waals surface area contributed by atoms with Gasteiger partial charge in [-0.05, 0) is 6.92 Å². The molecule has 0 unspecified atom stereocenters. The molecular weight excluding hydrogens is 192 g/mol. The van der Waals surface area contributed by atoms with E-state index in [-0.39, 0.29) is 28.9 Å². The van der Waals surface area contributed by atoms with E-state index in [9.17, 15) is 4.79 Å². The molecule has 0 saturated heterocycles. The van der Waals surface area contributed by atoms with Gasteiger partial charge >= 0.3 is 0 Å². The van der Waals surface area contributed by atoms with Gasteiger partial charge in [0.1, 0.15) is 16.8 Å². The Morgan fingerprint density at radius 3 is 2.62 bits per heavy atom. The van der Waals surface area contributed by atoms with Crippen molar-refractivity contribution in [3.05, 3.63) is 16.5 Å². The van der Waals surface area contributed by atoms with Crippen LogP contribution in [0.2, 0.25) is 5.15 Å². The van der Waals surface area contributed by atoms with Crippen LogP contribution in [0, 0.1) is 6.92 Å². The number of nitrogens with zero attached hydrogens (tertiary/aromatic N) is 2. The summed E-state index contributed by atoms with van der Waals surface area (Å²) in [6, 6.07) is 0. The molecule has 13 heavy (non-hydrogen) atoms. The molecule has 0 fully saturated rings. The molecule has 0 radical (unpaired) electrons. The summed E-state index contributed by atoms with van der Waals surface area (Å²) < 4.78 is 0. The van der Waals surface area contributed by atoms with E-state index in [2.05, 4.69) is 9.97 Å². The Hall–Kier alpha value is -1.20. The third-order valence-corrected chi connectivity index (χ3v) is 1.74. The Balaban J connectivity index is 3.28. The molecule has 0 aliphatic carbocycles. The van der Waals surface area contributed by atoms with Gasteiger partial charge < -0.3 is 11.5 Å². The maximum Gasteiger partial charge on any atom is 0.183 e. The van der Waals surface area contributed by atoms with Crippen molar-refractivity contribution in [1.29, 1.82) is 0 Å². The van der Waals surface area contributed by atoms with Gasteiger partial charge in [0, 0.05) is 0 Å². The smallest absolute Gasteiger partial charge is 0.183 e. The van der Waals surface area contributed by atoms with Crippen LogP contribution < -0.4 is 11.5 Å². The predicted octanol–water partition coefficient (Wildman–Crippen LogP) is 0.162. The highest BCUT2D eigenvalue weighted by Gasteiger charge is 2.15. The van der Waals surface area contributed by atoms with Crippen LogP contribution in [0.5, 0.6) is 0 Å². The Morgan fingerprint density at radius 1 is 1.54 bits per heavy atom. The molecule has 1 heterocycles. The van der Waals surface area contributed by atoms with E-state index in [1.165, 1.54) is 0 Å². The zero-order valence-electron chi connectivity index (χ0n) is 7.04. The highest BCUT2D eigenvalue weighted by atomic mass is 35.5. The van der Waals surface area contributed by atoms with Crippen LogP contribution in [0.1, 0.15) is 16.2 Å².